The predicted octanol–water partition coefficient (Wildman–Crippen LogP) is -1.57. The number of rotatable bonds is 8. The zero-order chi connectivity index (χ0) is 24.6. The van der Waals surface area contributed by atoms with Gasteiger partial charge in [0.2, 0.25) is 0 Å². The minimum Gasteiger partial charge on any atom is -0.394 e. The normalized spacial score (nSPS) is 40.0. The maximum absolute atomic E-state index is 11.2. The largest absolute Gasteiger partial charge is 0.394 e. The van der Waals surface area contributed by atoms with Gasteiger partial charge in [-0.2, -0.15) is 0 Å². The van der Waals surface area contributed by atoms with E-state index in [0.29, 0.717) is 11.1 Å². The van der Waals surface area contributed by atoms with Crippen molar-refractivity contribution in [2.24, 2.45) is 0 Å². The predicted molar refractivity (Wildman–Crippen MR) is 116 cm³/mol. The summed E-state index contributed by atoms with van der Waals surface area (Å²) in [6.45, 7) is -1.42. The molecule has 8 atom stereocenters. The van der Waals surface area contributed by atoms with Crippen molar-refractivity contribution in [1.82, 2.24) is 0 Å². The summed E-state index contributed by atoms with van der Waals surface area (Å²) < 4.78 is 16.2. The molecule has 10 heteroatoms. The summed E-state index contributed by atoms with van der Waals surface area (Å²) in [6, 6.07) is 17.3. The molecule has 7 N–H and O–H groups in total. The second kappa shape index (κ2) is 9.59. The first kappa shape index (κ1) is 25.1. The van der Waals surface area contributed by atoms with Crippen molar-refractivity contribution in [2.75, 3.05) is 13.2 Å². The van der Waals surface area contributed by atoms with Crippen molar-refractivity contribution in [3.63, 3.8) is 0 Å². The molecule has 2 saturated heterocycles. The van der Waals surface area contributed by atoms with E-state index >= 15 is 0 Å². The van der Waals surface area contributed by atoms with Crippen LogP contribution in [0.4, 0.5) is 0 Å². The van der Waals surface area contributed by atoms with Gasteiger partial charge in [-0.15, -0.1) is 0 Å². The lowest BCUT2D eigenvalue weighted by molar-refractivity contribution is -0.420. The van der Waals surface area contributed by atoms with Gasteiger partial charge in [0.15, 0.2) is 12.4 Å². The average Bonchev–Trinajstić information content (AvgIpc) is 3.17. The van der Waals surface area contributed by atoms with Gasteiger partial charge in [0.05, 0.1) is 13.2 Å². The van der Waals surface area contributed by atoms with Crippen molar-refractivity contribution >= 4 is 0 Å². The van der Waals surface area contributed by atoms with Crippen LogP contribution >= 0.6 is 0 Å². The Hall–Kier alpha value is -1.96. The number of aliphatic hydroxyl groups is 7. The monoisotopic (exact) mass is 478 g/mol. The topological polar surface area (TPSA) is 169 Å². The molecule has 0 aliphatic carbocycles. The van der Waals surface area contributed by atoms with E-state index in [4.69, 9.17) is 14.2 Å². The lowest BCUT2D eigenvalue weighted by atomic mass is 9.85. The molecule has 2 heterocycles. The molecular weight excluding hydrogens is 448 g/mol. The van der Waals surface area contributed by atoms with Crippen molar-refractivity contribution in [3.8, 4) is 0 Å². The van der Waals surface area contributed by atoms with E-state index in [-0.39, 0.29) is 12.8 Å². The minimum atomic E-state index is -2.89. The molecule has 2 fully saturated rings. The van der Waals surface area contributed by atoms with Crippen molar-refractivity contribution < 1.29 is 50.0 Å². The second-order valence-corrected chi connectivity index (χ2v) is 8.87. The first-order valence-corrected chi connectivity index (χ1v) is 11.0. The Balaban J connectivity index is 1.55. The number of aliphatic hydroxyl groups excluding tert-OH is 4. The first-order valence-electron chi connectivity index (χ1n) is 11.0. The Morgan fingerprint density at radius 3 is 1.74 bits per heavy atom. The van der Waals surface area contributed by atoms with Crippen LogP contribution in [-0.4, -0.2) is 96.8 Å². The van der Waals surface area contributed by atoms with Gasteiger partial charge < -0.3 is 45.2 Å². The Kier molecular flexibility index (Phi) is 7.09. The highest BCUT2D eigenvalue weighted by molar-refractivity contribution is 5.22. The summed E-state index contributed by atoms with van der Waals surface area (Å²) in [6.07, 6.45) is -8.58. The van der Waals surface area contributed by atoms with E-state index in [1.54, 1.807) is 60.7 Å². The summed E-state index contributed by atoms with van der Waals surface area (Å²) in [5.74, 6) is -2.89. The molecule has 2 aliphatic heterocycles. The lowest BCUT2D eigenvalue weighted by Gasteiger charge is -2.33. The molecule has 0 spiro atoms. The molecule has 0 aromatic heterocycles. The maximum atomic E-state index is 11.2. The smallest absolute Gasteiger partial charge is 0.313 e. The second-order valence-electron chi connectivity index (χ2n) is 8.87. The van der Waals surface area contributed by atoms with Crippen molar-refractivity contribution in [2.45, 2.75) is 60.7 Å². The molecule has 0 radical (unpaired) electrons. The van der Waals surface area contributed by atoms with Gasteiger partial charge in [0.25, 0.3) is 0 Å². The SMILES string of the molecule is OC[C@H]1O[C@H](O[C@@]2(O)O[C@H](CO)[C@](O)(Cc3ccccc3)[C@H]2O)[C@H](O)[C@@]1(O)Cc1ccccc1. The van der Waals surface area contributed by atoms with Crippen LogP contribution in [0.25, 0.3) is 0 Å². The van der Waals surface area contributed by atoms with E-state index in [2.05, 4.69) is 0 Å². The van der Waals surface area contributed by atoms with Crippen LogP contribution in [0, 0.1) is 0 Å². The Morgan fingerprint density at radius 2 is 1.24 bits per heavy atom. The molecule has 2 aromatic rings. The summed E-state index contributed by atoms with van der Waals surface area (Å²) in [5, 5.41) is 74.5. The van der Waals surface area contributed by atoms with Crippen LogP contribution in [0.5, 0.6) is 0 Å². The quantitative estimate of drug-likeness (QED) is 0.220. The summed E-state index contributed by atoms with van der Waals surface area (Å²) in [4.78, 5) is 0. The number of benzene rings is 2. The molecule has 186 valence electrons. The molecule has 0 bridgehead atoms. The fourth-order valence-electron chi connectivity index (χ4n) is 4.66. The van der Waals surface area contributed by atoms with Crippen molar-refractivity contribution in [1.29, 1.82) is 0 Å². The summed E-state index contributed by atoms with van der Waals surface area (Å²) >= 11 is 0. The van der Waals surface area contributed by atoms with E-state index in [1.165, 1.54) is 0 Å². The highest BCUT2D eigenvalue weighted by atomic mass is 16.9. The van der Waals surface area contributed by atoms with Crippen molar-refractivity contribution in [3.05, 3.63) is 71.8 Å². The Bertz CT molecular complexity index is 945. The van der Waals surface area contributed by atoms with Crippen LogP contribution in [0.2, 0.25) is 0 Å². The van der Waals surface area contributed by atoms with Gasteiger partial charge in [-0.3, -0.25) is 4.74 Å². The first-order chi connectivity index (χ1) is 16.2. The molecule has 2 aromatic carbocycles. The molecule has 0 unspecified atom stereocenters. The zero-order valence-electron chi connectivity index (χ0n) is 18.3. The van der Waals surface area contributed by atoms with E-state index in [0.717, 1.165) is 0 Å². The minimum absolute atomic E-state index is 0.0981. The van der Waals surface area contributed by atoms with Gasteiger partial charge in [-0.1, -0.05) is 60.7 Å². The molecule has 4 rings (SSSR count). The highest BCUT2D eigenvalue weighted by Gasteiger charge is 2.66. The number of hydrogen-bond acceptors (Lipinski definition) is 10. The van der Waals surface area contributed by atoms with Crippen LogP contribution in [-0.2, 0) is 27.1 Å². The van der Waals surface area contributed by atoms with Gasteiger partial charge in [0.1, 0.15) is 29.5 Å². The molecule has 10 nitrogen and oxygen atoms in total. The Morgan fingerprint density at radius 1 is 0.735 bits per heavy atom. The maximum Gasteiger partial charge on any atom is 0.313 e. The average molecular weight is 478 g/mol. The van der Waals surface area contributed by atoms with Crippen LogP contribution in [0.1, 0.15) is 11.1 Å². The third kappa shape index (κ3) is 4.38. The molecule has 2 aliphatic rings. The fourth-order valence-corrected chi connectivity index (χ4v) is 4.66. The van der Waals surface area contributed by atoms with E-state index in [9.17, 15) is 35.7 Å². The molecule has 0 saturated carbocycles. The number of ether oxygens (including phenoxy) is 3. The number of hydrogen-bond donors (Lipinski definition) is 7. The molecule has 34 heavy (non-hydrogen) atoms. The Labute approximate surface area is 196 Å². The lowest BCUT2D eigenvalue weighted by Crippen LogP contribution is -2.57. The molecular formula is C24H30O10. The highest BCUT2D eigenvalue weighted by Crippen LogP contribution is 2.43. The standard InChI is InChI=1S/C24H30O10/c25-13-17-22(29,11-15-7-3-1-4-8-15)19(27)20(32-17)34-24(31)21(28)23(30,18(14-26)33-24)12-16-9-5-2-6-10-16/h1-10,17-21,25-31H,11-14H2/t17-,18-,19+,20-,21-,22-,23-,24+/m1/s1. The molecule has 0 amide bonds. The third-order valence-electron chi connectivity index (χ3n) is 6.59. The summed E-state index contributed by atoms with van der Waals surface area (Å²) in [7, 11) is 0. The van der Waals surface area contributed by atoms with Gasteiger partial charge in [0, 0.05) is 12.8 Å². The van der Waals surface area contributed by atoms with E-state index in [1.807, 2.05) is 0 Å². The van der Waals surface area contributed by atoms with Crippen LogP contribution < -0.4 is 0 Å². The van der Waals surface area contributed by atoms with E-state index < -0.39 is 61.1 Å². The van der Waals surface area contributed by atoms with Gasteiger partial charge >= 0.3 is 5.97 Å². The van der Waals surface area contributed by atoms with Crippen LogP contribution in [0.15, 0.2) is 60.7 Å². The van der Waals surface area contributed by atoms with Gasteiger partial charge in [-0.25, -0.2) is 0 Å². The third-order valence-corrected chi connectivity index (χ3v) is 6.59. The fraction of sp³-hybridized carbons (Fsp3) is 0.500. The summed E-state index contributed by atoms with van der Waals surface area (Å²) in [5.41, 5.74) is -2.88. The zero-order valence-corrected chi connectivity index (χ0v) is 18.3. The van der Waals surface area contributed by atoms with Crippen LogP contribution in [0.3, 0.4) is 0 Å². The van der Waals surface area contributed by atoms with Gasteiger partial charge in [-0.05, 0) is 11.1 Å².